The number of rotatable bonds is 11. The van der Waals surface area contributed by atoms with Crippen molar-refractivity contribution in [2.45, 2.75) is 0 Å². The predicted octanol–water partition coefficient (Wildman–Crippen LogP) is 25.4. The number of fused-ring (bicyclic) bond motifs is 21. The number of hydrogen-bond acceptors (Lipinski definition) is 10. The molecule has 0 saturated carbocycles. The molecule has 556 valence electrons. The maximum Gasteiger partial charge on any atom is 0.221 e. The van der Waals surface area contributed by atoms with E-state index in [0.29, 0.717) is 40.9 Å². The van der Waals surface area contributed by atoms with Gasteiger partial charge in [-0.25, -0.2) is 49.8 Å². The fourth-order valence-corrected chi connectivity index (χ4v) is 18.3. The number of nitrogens with zero attached hydrogens (tertiary/aromatic N) is 14. The van der Waals surface area contributed by atoms with Gasteiger partial charge in [-0.15, -0.1) is 0 Å². The first-order valence-corrected chi connectivity index (χ1v) is 40.2. The standard InChI is InChI=1S/C106H62N14/c1-3-25-63(26-4-1)66-49-54-68(55-50-66)97-111-98(69-56-51-67(52-57-69)64-27-5-2-6-28-64)114-101(113-97)84-61-83-78-36-15-20-46-91(78)118(96(83)80-38-12-9-33-75(80)84)106-110-89-44-24-40-74(94(89)104-108-88-43-18-22-48-93(88)120(104)106)71-31-23-32-72(60-71)99-112-100(73-58-53-65-29-7-8-30-70(65)59-73)116-102(115-99)85-62-82-77-35-14-19-45-90(77)117(95(82)79-37-11-10-34-76(79)85)105-109-86-41-16-13-39-81(86)103-107-87-42-17-21-47-92(87)119(103)105/h1-62H. The van der Waals surface area contributed by atoms with Gasteiger partial charge in [0.25, 0.3) is 0 Å². The third-order valence-corrected chi connectivity index (χ3v) is 23.8. The van der Waals surface area contributed by atoms with Crippen molar-refractivity contribution in [1.82, 2.24) is 67.8 Å². The molecule has 0 aliphatic carbocycles. The van der Waals surface area contributed by atoms with E-state index in [9.17, 15) is 0 Å². The molecule has 0 aliphatic heterocycles. The highest BCUT2D eigenvalue weighted by Gasteiger charge is 2.29. The zero-order valence-electron chi connectivity index (χ0n) is 64.1. The molecule has 14 heteroatoms. The monoisotopic (exact) mass is 1530 g/mol. The van der Waals surface area contributed by atoms with Gasteiger partial charge in [-0.1, -0.05) is 297 Å². The number of imidazole rings is 2. The SMILES string of the molecule is c1ccc(-c2ccc(-c3nc(-c4ccc(-c5ccccc5)cc4)nc(-c4cc5c6ccccc6n(-c6nc7cccc(-c8cccc(-c9nc(-c%10ccc%11ccccc%11c%10)nc(-c%10cc%11c%12ccccc%12n(-c%12nc%13ccccc%13c%13nc%14ccccc%14n%12%13)c%11c%11ccccc%10%11)n9)c8)c7c7nc8ccccc8n67)c5c5ccccc45)n3)cc2)cc1. The van der Waals surface area contributed by atoms with Crippen LogP contribution in [0, 0.1) is 0 Å². The molecule has 0 unspecified atom stereocenters. The van der Waals surface area contributed by atoms with Crippen LogP contribution in [0.4, 0.5) is 0 Å². The Bertz CT molecular complexity index is 8500. The lowest BCUT2D eigenvalue weighted by molar-refractivity contribution is 0.981. The first-order chi connectivity index (χ1) is 59.5. The van der Waals surface area contributed by atoms with Crippen molar-refractivity contribution in [2.24, 2.45) is 0 Å². The fourth-order valence-electron chi connectivity index (χ4n) is 18.3. The van der Waals surface area contributed by atoms with E-state index >= 15 is 0 Å². The second-order valence-electron chi connectivity index (χ2n) is 30.6. The van der Waals surface area contributed by atoms with E-state index in [1.54, 1.807) is 0 Å². The van der Waals surface area contributed by atoms with Gasteiger partial charge in [0.2, 0.25) is 11.9 Å². The highest BCUT2D eigenvalue weighted by molar-refractivity contribution is 6.24. The Morgan fingerprint density at radius 3 is 1.10 bits per heavy atom. The molecule has 0 saturated heterocycles. The minimum atomic E-state index is 0.518. The molecule has 8 heterocycles. The van der Waals surface area contributed by atoms with Gasteiger partial charge in [-0.2, -0.15) is 0 Å². The fraction of sp³-hybridized carbons (Fsp3) is 0. The molecule has 17 aromatic carbocycles. The van der Waals surface area contributed by atoms with E-state index in [-0.39, 0.29) is 0 Å². The summed E-state index contributed by atoms with van der Waals surface area (Å²) in [5, 5.41) is 12.2. The van der Waals surface area contributed by atoms with Gasteiger partial charge in [-0.05, 0) is 134 Å². The minimum Gasteiger partial charge on any atom is -0.278 e. The number of hydrogen-bond donors (Lipinski definition) is 0. The van der Waals surface area contributed by atoms with Crippen LogP contribution in [0.15, 0.2) is 376 Å². The Morgan fingerprint density at radius 1 is 0.175 bits per heavy atom. The maximum atomic E-state index is 5.91. The Morgan fingerprint density at radius 2 is 0.542 bits per heavy atom. The number of para-hydroxylation sites is 7. The topological polar surface area (TPSA) is 148 Å². The van der Waals surface area contributed by atoms with Crippen LogP contribution in [0.3, 0.4) is 0 Å². The Balaban J connectivity index is 0.664. The summed E-state index contributed by atoms with van der Waals surface area (Å²) in [6, 6.07) is 132. The molecule has 0 amide bonds. The lowest BCUT2D eigenvalue weighted by atomic mass is 9.98. The van der Waals surface area contributed by atoms with Crippen LogP contribution >= 0.6 is 0 Å². The van der Waals surface area contributed by atoms with Crippen molar-refractivity contribution in [2.75, 3.05) is 0 Å². The van der Waals surface area contributed by atoms with Crippen LogP contribution in [-0.4, -0.2) is 67.8 Å². The Kier molecular flexibility index (Phi) is 14.8. The molecule has 0 fully saturated rings. The first-order valence-electron chi connectivity index (χ1n) is 40.2. The first kappa shape index (κ1) is 66.8. The Labute approximate surface area is 684 Å². The largest absolute Gasteiger partial charge is 0.278 e. The molecule has 0 spiro atoms. The summed E-state index contributed by atoms with van der Waals surface area (Å²) in [5.41, 5.74) is 22.3. The van der Waals surface area contributed by atoms with Gasteiger partial charge in [0, 0.05) is 71.1 Å². The summed E-state index contributed by atoms with van der Waals surface area (Å²) in [7, 11) is 0. The van der Waals surface area contributed by atoms with Crippen LogP contribution in [0.5, 0.6) is 0 Å². The van der Waals surface area contributed by atoms with E-state index in [4.69, 9.17) is 49.8 Å². The van der Waals surface area contributed by atoms with Crippen LogP contribution in [-0.2, 0) is 0 Å². The molecule has 0 bridgehead atoms. The molecule has 0 N–H and O–H groups in total. The predicted molar refractivity (Wildman–Crippen MR) is 486 cm³/mol. The summed E-state index contributed by atoms with van der Waals surface area (Å²) in [6.45, 7) is 0. The zero-order valence-corrected chi connectivity index (χ0v) is 64.1. The van der Waals surface area contributed by atoms with Crippen molar-refractivity contribution in [3.8, 4) is 114 Å². The summed E-state index contributed by atoms with van der Waals surface area (Å²) in [5.74, 6) is 4.73. The van der Waals surface area contributed by atoms with Gasteiger partial charge in [0.05, 0.1) is 60.6 Å². The highest BCUT2D eigenvalue weighted by Crippen LogP contribution is 2.47. The summed E-state index contributed by atoms with van der Waals surface area (Å²) < 4.78 is 9.13. The van der Waals surface area contributed by atoms with E-state index in [0.717, 1.165) is 204 Å². The second-order valence-corrected chi connectivity index (χ2v) is 30.6. The van der Waals surface area contributed by atoms with Crippen molar-refractivity contribution >= 4 is 131 Å². The summed E-state index contributed by atoms with van der Waals surface area (Å²) >= 11 is 0. The molecular weight excluding hydrogens is 1470 g/mol. The second kappa shape index (κ2) is 26.5. The lowest BCUT2D eigenvalue weighted by Gasteiger charge is -2.16. The average molecular weight is 1530 g/mol. The van der Waals surface area contributed by atoms with Crippen LogP contribution < -0.4 is 0 Å². The third-order valence-electron chi connectivity index (χ3n) is 23.8. The van der Waals surface area contributed by atoms with E-state index in [2.05, 4.69) is 370 Å². The molecule has 25 rings (SSSR count). The van der Waals surface area contributed by atoms with Gasteiger partial charge < -0.3 is 0 Å². The normalized spacial score (nSPS) is 12.0. The zero-order chi connectivity index (χ0) is 78.6. The van der Waals surface area contributed by atoms with Crippen molar-refractivity contribution in [1.29, 1.82) is 0 Å². The van der Waals surface area contributed by atoms with E-state index in [1.807, 2.05) is 24.3 Å². The van der Waals surface area contributed by atoms with Crippen LogP contribution in [0.1, 0.15) is 0 Å². The van der Waals surface area contributed by atoms with Gasteiger partial charge in [0.1, 0.15) is 5.65 Å². The quantitative estimate of drug-likeness (QED) is 0.123. The van der Waals surface area contributed by atoms with Gasteiger partial charge in [-0.3, -0.25) is 17.9 Å². The van der Waals surface area contributed by atoms with Gasteiger partial charge >= 0.3 is 0 Å². The lowest BCUT2D eigenvalue weighted by Crippen LogP contribution is -2.07. The molecule has 0 atom stereocenters. The highest BCUT2D eigenvalue weighted by atomic mass is 15.2. The van der Waals surface area contributed by atoms with Gasteiger partial charge in [0.15, 0.2) is 40.6 Å². The molecule has 0 aliphatic rings. The smallest absolute Gasteiger partial charge is 0.221 e. The summed E-state index contributed by atoms with van der Waals surface area (Å²) in [6.07, 6.45) is 0. The van der Waals surface area contributed by atoms with Crippen molar-refractivity contribution < 1.29 is 0 Å². The average Bonchev–Trinajstić information content (AvgIpc) is 1.54. The molecule has 14 nitrogen and oxygen atoms in total. The summed E-state index contributed by atoms with van der Waals surface area (Å²) in [4.78, 5) is 55.3. The molecule has 120 heavy (non-hydrogen) atoms. The molecule has 0 radical (unpaired) electrons. The molecule has 8 aromatic heterocycles. The maximum absolute atomic E-state index is 5.91. The third kappa shape index (κ3) is 10.5. The Hall–Kier alpha value is -16.6. The number of aromatic nitrogens is 14. The minimum absolute atomic E-state index is 0.518. The van der Waals surface area contributed by atoms with Crippen LogP contribution in [0.25, 0.3) is 245 Å². The molecular formula is C106H62N14. The van der Waals surface area contributed by atoms with Crippen molar-refractivity contribution in [3.63, 3.8) is 0 Å². The van der Waals surface area contributed by atoms with Crippen molar-refractivity contribution in [3.05, 3.63) is 376 Å². The number of benzene rings is 17. The van der Waals surface area contributed by atoms with E-state index in [1.165, 1.54) is 0 Å². The molecule has 25 aromatic rings. The van der Waals surface area contributed by atoms with Crippen LogP contribution in [0.2, 0.25) is 0 Å². The van der Waals surface area contributed by atoms with E-state index < -0.39 is 0 Å².